The monoisotopic (exact) mass is 432 g/mol. The van der Waals surface area contributed by atoms with Gasteiger partial charge in [0.2, 0.25) is 5.91 Å². The predicted octanol–water partition coefficient (Wildman–Crippen LogP) is 1.03. The third-order valence-electron chi connectivity index (χ3n) is 5.82. The van der Waals surface area contributed by atoms with Crippen LogP contribution in [0.2, 0.25) is 0 Å². The number of rotatable bonds is 10. The van der Waals surface area contributed by atoms with Gasteiger partial charge in [-0.3, -0.25) is 9.79 Å². The molecule has 0 radical (unpaired) electrons. The molecular weight excluding hydrogens is 396 g/mol. The van der Waals surface area contributed by atoms with Crippen molar-refractivity contribution in [1.29, 1.82) is 0 Å². The third-order valence-corrected chi connectivity index (χ3v) is 5.82. The number of carbonyl (C=O) groups excluding carboxylic acids is 1. The van der Waals surface area contributed by atoms with E-state index >= 15 is 0 Å². The van der Waals surface area contributed by atoms with E-state index in [1.165, 1.54) is 0 Å². The van der Waals surface area contributed by atoms with E-state index in [0.29, 0.717) is 19.8 Å². The number of pyridine rings is 1. The van der Waals surface area contributed by atoms with Gasteiger partial charge in [0.05, 0.1) is 12.7 Å². The van der Waals surface area contributed by atoms with E-state index in [4.69, 9.17) is 15.2 Å². The number of amides is 1. The Balaban J connectivity index is 1.38. The molecule has 0 aliphatic carbocycles. The maximum absolute atomic E-state index is 11.4. The number of hydrogen-bond acceptors (Lipinski definition) is 6. The van der Waals surface area contributed by atoms with Crippen LogP contribution in [0.4, 0.5) is 5.82 Å². The molecule has 1 atom stereocenters. The van der Waals surface area contributed by atoms with Gasteiger partial charge >= 0.3 is 0 Å². The lowest BCUT2D eigenvalue weighted by atomic mass is 9.96. The summed E-state index contributed by atoms with van der Waals surface area (Å²) in [6.07, 6.45) is 6.78. The smallest absolute Gasteiger partial charge is 0.220 e. The Kier molecular flexibility index (Phi) is 9.36. The SMILES string of the molecule is CN=C(NCCCOCC1CCCO1)NCc1cccnc1N1CCC(C(N)=O)CC1. The number of nitrogens with zero attached hydrogens (tertiary/aromatic N) is 3. The minimum absolute atomic E-state index is 0.0285. The van der Waals surface area contributed by atoms with Gasteiger partial charge in [-0.05, 0) is 38.2 Å². The summed E-state index contributed by atoms with van der Waals surface area (Å²) in [5, 5.41) is 6.69. The van der Waals surface area contributed by atoms with E-state index < -0.39 is 0 Å². The number of aromatic nitrogens is 1. The number of piperidine rings is 1. The molecule has 9 heteroatoms. The van der Waals surface area contributed by atoms with E-state index in [9.17, 15) is 4.79 Å². The summed E-state index contributed by atoms with van der Waals surface area (Å²) in [5.74, 6) is 1.48. The van der Waals surface area contributed by atoms with Gasteiger partial charge in [0.1, 0.15) is 5.82 Å². The number of aliphatic imine (C=N–C) groups is 1. The van der Waals surface area contributed by atoms with Crippen LogP contribution >= 0.6 is 0 Å². The van der Waals surface area contributed by atoms with E-state index in [1.807, 2.05) is 12.3 Å². The topological polar surface area (TPSA) is 114 Å². The largest absolute Gasteiger partial charge is 0.379 e. The Morgan fingerprint density at radius 2 is 2.19 bits per heavy atom. The second kappa shape index (κ2) is 12.5. The molecule has 2 saturated heterocycles. The molecule has 0 aromatic carbocycles. The van der Waals surface area contributed by atoms with Crippen LogP contribution in [0.3, 0.4) is 0 Å². The number of anilines is 1. The third kappa shape index (κ3) is 7.36. The first-order valence-electron chi connectivity index (χ1n) is 11.3. The van der Waals surface area contributed by atoms with Crippen molar-refractivity contribution in [3.63, 3.8) is 0 Å². The van der Waals surface area contributed by atoms with Crippen LogP contribution in [0, 0.1) is 5.92 Å². The lowest BCUT2D eigenvalue weighted by molar-refractivity contribution is -0.122. The van der Waals surface area contributed by atoms with E-state index in [0.717, 1.165) is 75.7 Å². The maximum atomic E-state index is 11.4. The summed E-state index contributed by atoms with van der Waals surface area (Å²) in [4.78, 5) is 22.5. The Bertz CT molecular complexity index is 715. The zero-order valence-electron chi connectivity index (χ0n) is 18.5. The number of hydrogen-bond donors (Lipinski definition) is 3. The first-order chi connectivity index (χ1) is 15.2. The summed E-state index contributed by atoms with van der Waals surface area (Å²) >= 11 is 0. The highest BCUT2D eigenvalue weighted by atomic mass is 16.5. The van der Waals surface area contributed by atoms with Crippen LogP contribution in [0.5, 0.6) is 0 Å². The Morgan fingerprint density at radius 3 is 2.90 bits per heavy atom. The van der Waals surface area contributed by atoms with E-state index in [-0.39, 0.29) is 17.9 Å². The van der Waals surface area contributed by atoms with Crippen molar-refractivity contribution in [1.82, 2.24) is 15.6 Å². The Morgan fingerprint density at radius 1 is 1.35 bits per heavy atom. The Labute approximate surface area is 184 Å². The van der Waals surface area contributed by atoms with Gasteiger partial charge in [-0.1, -0.05) is 6.07 Å². The van der Waals surface area contributed by atoms with E-state index in [2.05, 4.69) is 31.6 Å². The van der Waals surface area contributed by atoms with Crippen molar-refractivity contribution in [2.75, 3.05) is 51.4 Å². The van der Waals surface area contributed by atoms with Crippen LogP contribution in [-0.4, -0.2) is 69.5 Å². The van der Waals surface area contributed by atoms with Gasteiger partial charge in [-0.2, -0.15) is 0 Å². The standard InChI is InChI=1S/C22H36N6O3/c1-24-22(26-10-4-13-30-16-19-6-3-14-31-19)27-15-18-5-2-9-25-21(18)28-11-7-17(8-12-28)20(23)29/h2,5,9,17,19H,3-4,6-8,10-16H2,1H3,(H2,23,29)(H2,24,26,27). The van der Waals surface area contributed by atoms with E-state index in [1.54, 1.807) is 7.05 Å². The number of nitrogens with two attached hydrogens (primary N) is 1. The average Bonchev–Trinajstić information content (AvgIpc) is 3.32. The maximum Gasteiger partial charge on any atom is 0.220 e. The molecule has 172 valence electrons. The summed E-state index contributed by atoms with van der Waals surface area (Å²) in [6.45, 7) is 5.24. The second-order valence-electron chi connectivity index (χ2n) is 8.07. The number of ether oxygens (including phenoxy) is 2. The summed E-state index contributed by atoms with van der Waals surface area (Å²) in [5.41, 5.74) is 6.56. The quantitative estimate of drug-likeness (QED) is 0.287. The number of guanidine groups is 1. The molecule has 3 rings (SSSR count). The minimum Gasteiger partial charge on any atom is -0.379 e. The van der Waals surface area contributed by atoms with Gasteiger partial charge in [-0.15, -0.1) is 0 Å². The minimum atomic E-state index is -0.199. The molecule has 1 aromatic heterocycles. The molecule has 1 amide bonds. The summed E-state index contributed by atoms with van der Waals surface area (Å²) < 4.78 is 11.3. The predicted molar refractivity (Wildman–Crippen MR) is 121 cm³/mol. The molecule has 4 N–H and O–H groups in total. The van der Waals surface area contributed by atoms with Gasteiger partial charge in [0, 0.05) is 64.1 Å². The van der Waals surface area contributed by atoms with Crippen LogP contribution in [-0.2, 0) is 20.8 Å². The Hall–Kier alpha value is -2.39. The molecule has 2 aliphatic heterocycles. The lowest BCUT2D eigenvalue weighted by Crippen LogP contribution is -2.40. The lowest BCUT2D eigenvalue weighted by Gasteiger charge is -2.32. The molecule has 1 unspecified atom stereocenters. The molecule has 31 heavy (non-hydrogen) atoms. The molecule has 1 aromatic rings. The average molecular weight is 433 g/mol. The van der Waals surface area contributed by atoms with Crippen molar-refractivity contribution in [3.05, 3.63) is 23.9 Å². The molecule has 9 nitrogen and oxygen atoms in total. The summed E-state index contributed by atoms with van der Waals surface area (Å²) in [7, 11) is 1.77. The van der Waals surface area contributed by atoms with Crippen LogP contribution < -0.4 is 21.3 Å². The van der Waals surface area contributed by atoms with Crippen molar-refractivity contribution in [2.24, 2.45) is 16.6 Å². The van der Waals surface area contributed by atoms with Gasteiger partial charge in [0.25, 0.3) is 0 Å². The fourth-order valence-corrected chi connectivity index (χ4v) is 4.00. The van der Waals surface area contributed by atoms with Gasteiger partial charge in [-0.25, -0.2) is 4.98 Å². The number of carbonyl (C=O) groups is 1. The summed E-state index contributed by atoms with van der Waals surface area (Å²) in [6, 6.07) is 4.01. The normalized spacial score (nSPS) is 20.1. The number of primary amides is 1. The molecule has 3 heterocycles. The highest BCUT2D eigenvalue weighted by molar-refractivity contribution is 5.79. The zero-order chi connectivity index (χ0) is 21.9. The van der Waals surface area contributed by atoms with Gasteiger partial charge in [0.15, 0.2) is 5.96 Å². The van der Waals surface area contributed by atoms with Crippen LogP contribution in [0.15, 0.2) is 23.3 Å². The van der Waals surface area contributed by atoms with Crippen molar-refractivity contribution < 1.29 is 14.3 Å². The molecular formula is C22H36N6O3. The highest BCUT2D eigenvalue weighted by Gasteiger charge is 2.25. The molecule has 0 spiro atoms. The molecule has 0 bridgehead atoms. The van der Waals surface area contributed by atoms with Crippen molar-refractivity contribution >= 4 is 17.7 Å². The van der Waals surface area contributed by atoms with Crippen molar-refractivity contribution in [2.45, 2.75) is 44.8 Å². The fraction of sp³-hybridized carbons (Fsp3) is 0.682. The molecule has 2 fully saturated rings. The zero-order valence-corrected chi connectivity index (χ0v) is 18.5. The first-order valence-corrected chi connectivity index (χ1v) is 11.3. The molecule has 2 aliphatic rings. The molecule has 0 saturated carbocycles. The van der Waals surface area contributed by atoms with Crippen LogP contribution in [0.1, 0.15) is 37.7 Å². The van der Waals surface area contributed by atoms with Crippen LogP contribution in [0.25, 0.3) is 0 Å². The van der Waals surface area contributed by atoms with Crippen molar-refractivity contribution in [3.8, 4) is 0 Å². The second-order valence-corrected chi connectivity index (χ2v) is 8.07. The fourth-order valence-electron chi connectivity index (χ4n) is 4.00. The van der Waals surface area contributed by atoms with Gasteiger partial charge < -0.3 is 30.7 Å². The first kappa shape index (κ1) is 23.3. The highest BCUT2D eigenvalue weighted by Crippen LogP contribution is 2.24. The number of nitrogens with one attached hydrogen (secondary N) is 2.